The molecule has 19 heavy (non-hydrogen) atoms. The van der Waals surface area contributed by atoms with Crippen LogP contribution in [0, 0.1) is 0 Å². The van der Waals surface area contributed by atoms with Crippen LogP contribution in [0.1, 0.15) is 53.4 Å². The van der Waals surface area contributed by atoms with Gasteiger partial charge in [0.05, 0.1) is 4.61 Å². The topological polar surface area (TPSA) is 29.5 Å². The van der Waals surface area contributed by atoms with Crippen LogP contribution < -0.4 is 0 Å². The largest absolute Gasteiger partial charge is 0.364 e. The minimum Gasteiger partial charge on any atom is -0.364 e. The molecule has 0 saturated heterocycles. The Morgan fingerprint density at radius 3 is 1.89 bits per heavy atom. The number of rotatable bonds is 10. The standard InChI is InChI=1S/C14H30NO2PS/c1-5-9-11-15(12-10-6-2)17-13(16)14(18)19(7-3)8-4/h5-12,18H2,1-4H3. The highest BCUT2D eigenvalue weighted by Gasteiger charge is 2.15. The van der Waals surface area contributed by atoms with Gasteiger partial charge in [0.1, 0.15) is 0 Å². The molecule has 1 unspecified atom stereocenters. The minimum absolute atomic E-state index is 0.0373. The Labute approximate surface area is 123 Å². The Morgan fingerprint density at radius 1 is 1.05 bits per heavy atom. The molecular weight excluding hydrogens is 277 g/mol. The maximum Gasteiger partial charge on any atom is 0.362 e. The summed E-state index contributed by atoms with van der Waals surface area (Å²) in [6.07, 6.45) is 4.37. The van der Waals surface area contributed by atoms with Crippen LogP contribution in [-0.4, -0.2) is 40.2 Å². The van der Waals surface area contributed by atoms with Gasteiger partial charge in [-0.05, 0) is 24.3 Å². The summed E-state index contributed by atoms with van der Waals surface area (Å²) in [6.45, 7) is 10.2. The second-order valence-electron chi connectivity index (χ2n) is 4.45. The third-order valence-corrected chi connectivity index (χ3v) is 6.36. The summed E-state index contributed by atoms with van der Waals surface area (Å²) in [7, 11) is 2.63. The second kappa shape index (κ2) is 11.9. The molecule has 0 rings (SSSR count). The summed E-state index contributed by atoms with van der Waals surface area (Å²) in [4.78, 5) is 17.7. The molecule has 0 aliphatic heterocycles. The van der Waals surface area contributed by atoms with Gasteiger partial charge in [0.15, 0.2) is 0 Å². The van der Waals surface area contributed by atoms with E-state index in [4.69, 9.17) is 4.84 Å². The van der Waals surface area contributed by atoms with Gasteiger partial charge < -0.3 is 4.84 Å². The molecule has 0 spiro atoms. The smallest absolute Gasteiger partial charge is 0.362 e. The van der Waals surface area contributed by atoms with Crippen molar-refractivity contribution in [2.75, 3.05) is 24.6 Å². The molecule has 0 radical (unpaired) electrons. The summed E-state index contributed by atoms with van der Waals surface area (Å²) in [5.74, 6) is 1.85. The molecule has 0 amide bonds. The number of unbranched alkanes of at least 4 members (excludes halogenated alkanes) is 2. The van der Waals surface area contributed by atoms with E-state index in [2.05, 4.69) is 36.9 Å². The maximum atomic E-state index is 12.1. The summed E-state index contributed by atoms with van der Waals surface area (Å²) in [5.41, 5.74) is 0. The molecule has 0 aliphatic carbocycles. The lowest BCUT2D eigenvalue weighted by molar-refractivity contribution is -0.181. The van der Waals surface area contributed by atoms with E-state index in [9.17, 15) is 4.79 Å². The van der Waals surface area contributed by atoms with Crippen molar-refractivity contribution < 1.29 is 9.63 Å². The van der Waals surface area contributed by atoms with Gasteiger partial charge in [-0.2, -0.15) is 10.5 Å². The molecule has 0 aromatic carbocycles. The Kier molecular flexibility index (Phi) is 11.9. The normalized spacial score (nSPS) is 11.1. The van der Waals surface area contributed by atoms with Crippen molar-refractivity contribution in [1.82, 2.24) is 5.06 Å². The zero-order chi connectivity index (χ0) is 14.7. The molecule has 114 valence electrons. The molecule has 0 aromatic heterocycles. The van der Waals surface area contributed by atoms with Gasteiger partial charge in [-0.15, -0.1) is 5.06 Å². The third-order valence-electron chi connectivity index (χ3n) is 2.94. The van der Waals surface area contributed by atoms with E-state index in [-0.39, 0.29) is 16.5 Å². The predicted molar refractivity (Wildman–Crippen MR) is 90.9 cm³/mol. The van der Waals surface area contributed by atoms with Crippen LogP contribution in [0.3, 0.4) is 0 Å². The van der Waals surface area contributed by atoms with E-state index in [1.54, 1.807) is 0 Å². The number of hydroxylamine groups is 2. The minimum atomic E-state index is -0.163. The zero-order valence-electron chi connectivity index (χ0n) is 12.9. The van der Waals surface area contributed by atoms with Crippen LogP contribution in [-0.2, 0) is 9.63 Å². The van der Waals surface area contributed by atoms with Crippen molar-refractivity contribution in [3.8, 4) is 0 Å². The van der Waals surface area contributed by atoms with Crippen LogP contribution >= 0.6 is 19.7 Å². The highest BCUT2D eigenvalue weighted by atomic mass is 32.2. The monoisotopic (exact) mass is 307 g/mol. The van der Waals surface area contributed by atoms with E-state index in [0.29, 0.717) is 0 Å². The highest BCUT2D eigenvalue weighted by Crippen LogP contribution is 2.19. The van der Waals surface area contributed by atoms with Crippen LogP contribution in [0.25, 0.3) is 0 Å². The van der Waals surface area contributed by atoms with Gasteiger partial charge in [0.25, 0.3) is 0 Å². The third kappa shape index (κ3) is 8.06. The average molecular weight is 307 g/mol. The molecule has 0 aliphatic rings. The van der Waals surface area contributed by atoms with Crippen molar-refractivity contribution >= 4 is 30.3 Å². The lowest BCUT2D eigenvalue weighted by atomic mass is 10.3. The second-order valence-corrected chi connectivity index (χ2v) is 8.03. The average Bonchev–Trinajstić information content (AvgIpc) is 2.42. The fourth-order valence-electron chi connectivity index (χ4n) is 1.67. The van der Waals surface area contributed by atoms with E-state index < -0.39 is 0 Å². The molecule has 0 aromatic rings. The first-order chi connectivity index (χ1) is 9.10. The molecule has 0 heterocycles. The number of carbonyl (C=O) groups is 1. The SMILES string of the molecule is CCCCN(CCCC)OC(=O)C(P)=S(CC)CC. The summed E-state index contributed by atoms with van der Waals surface area (Å²) < 4.78 is 0.808. The summed E-state index contributed by atoms with van der Waals surface area (Å²) >= 11 is 0. The quantitative estimate of drug-likeness (QED) is 0.350. The van der Waals surface area contributed by atoms with Gasteiger partial charge in [0, 0.05) is 13.1 Å². The fourth-order valence-corrected chi connectivity index (χ4v) is 4.02. The molecule has 0 N–H and O–H groups in total. The number of carbonyl (C=O) groups excluding carboxylic acids is 1. The summed E-state index contributed by atoms with van der Waals surface area (Å²) in [6, 6.07) is 0. The van der Waals surface area contributed by atoms with E-state index in [1.807, 2.05) is 5.06 Å². The van der Waals surface area contributed by atoms with E-state index >= 15 is 0 Å². The Bertz CT molecular complexity index is 281. The molecule has 1 atom stereocenters. The van der Waals surface area contributed by atoms with Gasteiger partial charge in [-0.1, -0.05) is 49.8 Å². The first-order valence-corrected chi connectivity index (χ1v) is 9.51. The highest BCUT2D eigenvalue weighted by molar-refractivity contribution is 8.21. The summed E-state index contributed by atoms with van der Waals surface area (Å²) in [5, 5.41) is 1.84. The van der Waals surface area contributed by atoms with E-state index in [0.717, 1.165) is 54.9 Å². The van der Waals surface area contributed by atoms with Crippen LogP contribution in [0.2, 0.25) is 0 Å². The van der Waals surface area contributed by atoms with Gasteiger partial charge in [-0.3, -0.25) is 0 Å². The Balaban J connectivity index is 4.55. The van der Waals surface area contributed by atoms with Crippen molar-refractivity contribution in [2.45, 2.75) is 53.4 Å². The molecular formula is C14H30NO2PS. The van der Waals surface area contributed by atoms with Crippen molar-refractivity contribution in [1.29, 1.82) is 0 Å². The van der Waals surface area contributed by atoms with Gasteiger partial charge in [-0.25, -0.2) is 4.79 Å². The molecule has 0 bridgehead atoms. The predicted octanol–water partition coefficient (Wildman–Crippen LogP) is 3.66. The van der Waals surface area contributed by atoms with E-state index in [1.165, 1.54) is 0 Å². The number of hydrogen-bond donors (Lipinski definition) is 0. The van der Waals surface area contributed by atoms with Crippen LogP contribution in [0.4, 0.5) is 0 Å². The molecule has 0 saturated carbocycles. The van der Waals surface area contributed by atoms with Crippen LogP contribution in [0.15, 0.2) is 0 Å². The van der Waals surface area contributed by atoms with Crippen molar-refractivity contribution in [2.24, 2.45) is 0 Å². The Morgan fingerprint density at radius 2 is 1.53 bits per heavy atom. The lowest BCUT2D eigenvalue weighted by Gasteiger charge is -2.21. The Hall–Kier alpha value is 0.0800. The molecule has 0 fully saturated rings. The molecule has 3 nitrogen and oxygen atoms in total. The number of nitrogens with zero attached hydrogens (tertiary/aromatic N) is 1. The maximum absolute atomic E-state index is 12.1. The lowest BCUT2D eigenvalue weighted by Crippen LogP contribution is -2.31. The molecule has 5 heteroatoms. The fraction of sp³-hybridized carbons (Fsp3) is 0.857. The first kappa shape index (κ1) is 19.1. The number of hydrogen-bond acceptors (Lipinski definition) is 3. The van der Waals surface area contributed by atoms with Gasteiger partial charge in [0.2, 0.25) is 0 Å². The van der Waals surface area contributed by atoms with Crippen molar-refractivity contribution in [3.05, 3.63) is 0 Å². The zero-order valence-corrected chi connectivity index (χ0v) is 14.9. The van der Waals surface area contributed by atoms with Crippen LogP contribution in [0.5, 0.6) is 0 Å². The first-order valence-electron chi connectivity index (χ1n) is 7.37. The van der Waals surface area contributed by atoms with Gasteiger partial charge >= 0.3 is 5.97 Å². The van der Waals surface area contributed by atoms with Crippen molar-refractivity contribution in [3.63, 3.8) is 0 Å².